The first kappa shape index (κ1) is 23.3. The van der Waals surface area contributed by atoms with Crippen molar-refractivity contribution in [2.24, 2.45) is 0 Å². The lowest BCUT2D eigenvalue weighted by molar-refractivity contribution is -0.142. The van der Waals surface area contributed by atoms with Crippen molar-refractivity contribution in [2.45, 2.75) is 25.3 Å². The zero-order valence-corrected chi connectivity index (χ0v) is 16.5. The topological polar surface area (TPSA) is 83.0 Å². The lowest BCUT2D eigenvalue weighted by atomic mass is 10.1. The van der Waals surface area contributed by atoms with Gasteiger partial charge >= 0.3 is 12.4 Å². The number of rotatable bonds is 6. The first-order valence-electron chi connectivity index (χ1n) is 9.19. The van der Waals surface area contributed by atoms with Gasteiger partial charge in [0.2, 0.25) is 5.95 Å². The summed E-state index contributed by atoms with van der Waals surface area (Å²) in [5.41, 5.74) is -2.70. The molecule has 32 heavy (non-hydrogen) atoms. The fourth-order valence-electron chi connectivity index (χ4n) is 2.71. The molecule has 3 N–H and O–H groups in total. The summed E-state index contributed by atoms with van der Waals surface area (Å²) < 4.78 is 79.2. The van der Waals surface area contributed by atoms with Crippen molar-refractivity contribution in [2.75, 3.05) is 17.2 Å². The smallest absolute Gasteiger partial charge is 0.394 e. The van der Waals surface area contributed by atoms with Gasteiger partial charge in [0.1, 0.15) is 5.82 Å². The fraction of sp³-hybridized carbons (Fsp3) is 0.250. The lowest BCUT2D eigenvalue weighted by Gasteiger charge is -2.18. The first-order valence-corrected chi connectivity index (χ1v) is 9.19. The number of halogens is 6. The highest BCUT2D eigenvalue weighted by molar-refractivity contribution is 5.69. The number of nitrogens with zero attached hydrogens (tertiary/aromatic N) is 3. The molecule has 0 spiro atoms. The van der Waals surface area contributed by atoms with Crippen LogP contribution in [-0.4, -0.2) is 32.7 Å². The molecule has 0 fully saturated rings. The van der Waals surface area contributed by atoms with Gasteiger partial charge in [-0.15, -0.1) is 0 Å². The fourth-order valence-corrected chi connectivity index (χ4v) is 2.71. The maximum Gasteiger partial charge on any atom is 0.418 e. The Bertz CT molecular complexity index is 1070. The van der Waals surface area contributed by atoms with Crippen LogP contribution in [0.15, 0.2) is 48.8 Å². The standard InChI is InChI=1S/C20H17F6N5O/c1-11(10-32)28-18-30-16(12-3-2-6-27-9-12)8-17(31-18)29-15-5-4-13(19(21,22)23)7-14(15)20(24,25)26/h2-9,11,32H,10H2,1H3,(H2,28,29,30,31)/t11-/m1/s1. The van der Waals surface area contributed by atoms with Gasteiger partial charge in [0.15, 0.2) is 0 Å². The third-order valence-electron chi connectivity index (χ3n) is 4.25. The summed E-state index contributed by atoms with van der Waals surface area (Å²) in [5, 5.41) is 14.5. The number of hydrogen-bond donors (Lipinski definition) is 3. The van der Waals surface area contributed by atoms with Crippen molar-refractivity contribution < 1.29 is 31.4 Å². The Hall–Kier alpha value is -3.41. The number of nitrogens with one attached hydrogen (secondary N) is 2. The average Bonchev–Trinajstić information content (AvgIpc) is 2.73. The van der Waals surface area contributed by atoms with E-state index >= 15 is 0 Å². The summed E-state index contributed by atoms with van der Waals surface area (Å²) in [6.07, 6.45) is -6.98. The number of pyridine rings is 1. The van der Waals surface area contributed by atoms with E-state index in [0.29, 0.717) is 23.4 Å². The second-order valence-corrected chi connectivity index (χ2v) is 6.81. The highest BCUT2D eigenvalue weighted by Crippen LogP contribution is 2.40. The summed E-state index contributed by atoms with van der Waals surface area (Å²) in [5.74, 6) is -0.104. The minimum absolute atomic E-state index is 0.00382. The Morgan fingerprint density at radius 2 is 1.75 bits per heavy atom. The maximum absolute atomic E-state index is 13.5. The number of hydrogen-bond acceptors (Lipinski definition) is 6. The van der Waals surface area contributed by atoms with Gasteiger partial charge < -0.3 is 15.7 Å². The molecule has 2 aromatic heterocycles. The molecule has 0 amide bonds. The first-order chi connectivity index (χ1) is 15.0. The van der Waals surface area contributed by atoms with Crippen LogP contribution in [0.1, 0.15) is 18.1 Å². The van der Waals surface area contributed by atoms with Gasteiger partial charge in [-0.25, -0.2) is 4.98 Å². The summed E-state index contributed by atoms with van der Waals surface area (Å²) in [6, 6.07) is 5.45. The van der Waals surface area contributed by atoms with Gasteiger partial charge in [-0.2, -0.15) is 31.3 Å². The highest BCUT2D eigenvalue weighted by Gasteiger charge is 2.38. The second-order valence-electron chi connectivity index (χ2n) is 6.81. The molecule has 1 aromatic carbocycles. The van der Waals surface area contributed by atoms with Crippen LogP contribution < -0.4 is 10.6 Å². The predicted molar refractivity (Wildman–Crippen MR) is 105 cm³/mol. The van der Waals surface area contributed by atoms with Crippen molar-refractivity contribution >= 4 is 17.5 Å². The van der Waals surface area contributed by atoms with E-state index in [1.54, 1.807) is 19.1 Å². The molecule has 12 heteroatoms. The van der Waals surface area contributed by atoms with Crippen molar-refractivity contribution in [1.82, 2.24) is 15.0 Å². The highest BCUT2D eigenvalue weighted by atomic mass is 19.4. The van der Waals surface area contributed by atoms with Gasteiger partial charge in [-0.1, -0.05) is 0 Å². The number of anilines is 3. The Labute approximate surface area is 178 Å². The lowest BCUT2D eigenvalue weighted by Crippen LogP contribution is -2.21. The van der Waals surface area contributed by atoms with E-state index in [2.05, 4.69) is 25.6 Å². The number of aromatic nitrogens is 3. The van der Waals surface area contributed by atoms with E-state index in [-0.39, 0.29) is 24.4 Å². The van der Waals surface area contributed by atoms with Crippen LogP contribution in [-0.2, 0) is 12.4 Å². The molecule has 170 valence electrons. The molecule has 2 heterocycles. The van der Waals surface area contributed by atoms with Crippen molar-refractivity contribution in [1.29, 1.82) is 0 Å². The van der Waals surface area contributed by atoms with E-state index in [1.165, 1.54) is 18.5 Å². The summed E-state index contributed by atoms with van der Waals surface area (Å²) in [4.78, 5) is 12.3. The van der Waals surface area contributed by atoms with Crippen LogP contribution in [0.2, 0.25) is 0 Å². The molecular formula is C20H17F6N5O. The van der Waals surface area contributed by atoms with Crippen LogP contribution in [0.4, 0.5) is 43.8 Å². The molecule has 0 unspecified atom stereocenters. The van der Waals surface area contributed by atoms with E-state index in [9.17, 15) is 31.4 Å². The zero-order valence-electron chi connectivity index (χ0n) is 16.5. The molecule has 1 atom stereocenters. The zero-order chi connectivity index (χ0) is 23.5. The van der Waals surface area contributed by atoms with Crippen molar-refractivity contribution in [3.8, 4) is 11.3 Å². The van der Waals surface area contributed by atoms with Crippen molar-refractivity contribution in [3.05, 3.63) is 59.9 Å². The molecule has 0 radical (unpaired) electrons. The van der Waals surface area contributed by atoms with Gasteiger partial charge in [-0.05, 0) is 37.3 Å². The average molecular weight is 457 g/mol. The Morgan fingerprint density at radius 1 is 1.00 bits per heavy atom. The van der Waals surface area contributed by atoms with Crippen LogP contribution in [0, 0.1) is 0 Å². The quantitative estimate of drug-likeness (QED) is 0.446. The normalized spacial score (nSPS) is 13.0. The van der Waals surface area contributed by atoms with Crippen LogP contribution >= 0.6 is 0 Å². The van der Waals surface area contributed by atoms with Crippen LogP contribution in [0.3, 0.4) is 0 Å². The molecule has 6 nitrogen and oxygen atoms in total. The van der Waals surface area contributed by atoms with Gasteiger partial charge in [0, 0.05) is 30.1 Å². The SMILES string of the molecule is C[C@H](CO)Nc1nc(Nc2ccc(C(F)(F)F)cc2C(F)(F)F)cc(-c2cccnc2)n1. The Kier molecular flexibility index (Phi) is 6.53. The van der Waals surface area contributed by atoms with E-state index < -0.39 is 35.2 Å². The third kappa shape index (κ3) is 5.63. The van der Waals surface area contributed by atoms with Gasteiger partial charge in [-0.3, -0.25) is 4.98 Å². The summed E-state index contributed by atoms with van der Waals surface area (Å²) >= 11 is 0. The summed E-state index contributed by atoms with van der Waals surface area (Å²) in [6.45, 7) is 1.37. The number of aliphatic hydroxyl groups is 1. The van der Waals surface area contributed by atoms with Gasteiger partial charge in [0.25, 0.3) is 0 Å². The Morgan fingerprint density at radius 3 is 2.34 bits per heavy atom. The molecule has 0 aliphatic heterocycles. The number of benzene rings is 1. The monoisotopic (exact) mass is 457 g/mol. The van der Waals surface area contributed by atoms with E-state index in [1.807, 2.05) is 0 Å². The maximum atomic E-state index is 13.5. The van der Waals surface area contributed by atoms with Crippen LogP contribution in [0.5, 0.6) is 0 Å². The number of alkyl halides is 6. The Balaban J connectivity index is 2.07. The van der Waals surface area contributed by atoms with Gasteiger partial charge in [0.05, 0.1) is 29.1 Å². The van der Waals surface area contributed by atoms with E-state index in [4.69, 9.17) is 0 Å². The minimum atomic E-state index is -5.05. The third-order valence-corrected chi connectivity index (χ3v) is 4.25. The predicted octanol–water partition coefficient (Wildman–Crippen LogP) is 5.11. The second kappa shape index (κ2) is 8.99. The van der Waals surface area contributed by atoms with E-state index in [0.717, 1.165) is 0 Å². The number of aliphatic hydroxyl groups excluding tert-OH is 1. The molecule has 0 saturated heterocycles. The van der Waals surface area contributed by atoms with Crippen molar-refractivity contribution in [3.63, 3.8) is 0 Å². The molecule has 0 saturated carbocycles. The molecule has 3 aromatic rings. The van der Waals surface area contributed by atoms with Crippen LogP contribution in [0.25, 0.3) is 11.3 Å². The molecule has 3 rings (SSSR count). The largest absolute Gasteiger partial charge is 0.418 e. The molecule has 0 bridgehead atoms. The molecule has 0 aliphatic rings. The molecular weight excluding hydrogens is 440 g/mol. The minimum Gasteiger partial charge on any atom is -0.394 e. The molecule has 0 aliphatic carbocycles. The summed E-state index contributed by atoms with van der Waals surface area (Å²) in [7, 11) is 0.